The van der Waals surface area contributed by atoms with Crippen molar-refractivity contribution in [2.24, 2.45) is 5.92 Å². The Hall–Kier alpha value is -2.26. The average molecular weight is 463 g/mol. The number of carbonyl (C=O) groups is 1. The molecule has 0 radical (unpaired) electrons. The Morgan fingerprint density at radius 2 is 1.70 bits per heavy atom. The van der Waals surface area contributed by atoms with Gasteiger partial charge < -0.3 is 5.32 Å². The van der Waals surface area contributed by atoms with Crippen molar-refractivity contribution >= 4 is 33.2 Å². The van der Waals surface area contributed by atoms with Gasteiger partial charge in [0.05, 0.1) is 21.2 Å². The molecule has 5 nitrogen and oxygen atoms in total. The zero-order valence-corrected chi connectivity index (χ0v) is 18.1. The molecule has 2 aromatic rings. The summed E-state index contributed by atoms with van der Waals surface area (Å²) in [6, 6.07) is 9.19. The highest BCUT2D eigenvalue weighted by Gasteiger charge is 2.34. The van der Waals surface area contributed by atoms with Crippen molar-refractivity contribution < 1.29 is 26.4 Å². The van der Waals surface area contributed by atoms with Gasteiger partial charge in [-0.15, -0.1) is 0 Å². The molecular weight excluding hydrogens is 441 g/mol. The predicted octanol–water partition coefficient (Wildman–Crippen LogP) is 4.71. The van der Waals surface area contributed by atoms with E-state index in [-0.39, 0.29) is 21.9 Å². The summed E-state index contributed by atoms with van der Waals surface area (Å²) in [6.45, 7) is 4.76. The summed E-state index contributed by atoms with van der Waals surface area (Å²) in [5.41, 5.74) is -1.51. The molecule has 30 heavy (non-hydrogen) atoms. The number of hydrogen-bond donors (Lipinski definition) is 1. The van der Waals surface area contributed by atoms with Crippen LogP contribution in [0.5, 0.6) is 0 Å². The van der Waals surface area contributed by atoms with Gasteiger partial charge in [0.25, 0.3) is 10.0 Å². The molecule has 1 atom stereocenters. The number of amides is 1. The monoisotopic (exact) mass is 462 g/mol. The topological polar surface area (TPSA) is 66.5 Å². The highest BCUT2D eigenvalue weighted by molar-refractivity contribution is 7.92. The largest absolute Gasteiger partial charge is 0.416 e. The van der Waals surface area contributed by atoms with Gasteiger partial charge in [-0.3, -0.25) is 9.10 Å². The summed E-state index contributed by atoms with van der Waals surface area (Å²) >= 11 is 6.07. The van der Waals surface area contributed by atoms with Gasteiger partial charge in [-0.05, 0) is 43.2 Å². The lowest BCUT2D eigenvalue weighted by Crippen LogP contribution is -2.45. The van der Waals surface area contributed by atoms with E-state index in [0.717, 1.165) is 12.1 Å². The molecule has 10 heteroatoms. The molecule has 0 bridgehead atoms. The highest BCUT2D eigenvalue weighted by Crippen LogP contribution is 2.37. The molecule has 0 aliphatic carbocycles. The lowest BCUT2D eigenvalue weighted by Gasteiger charge is -2.27. The number of sulfonamides is 1. The van der Waals surface area contributed by atoms with Crippen molar-refractivity contribution in [3.05, 3.63) is 59.1 Å². The van der Waals surface area contributed by atoms with Gasteiger partial charge in [0.2, 0.25) is 5.91 Å². The molecule has 0 unspecified atom stereocenters. The number of alkyl halides is 3. The second-order valence-electron chi connectivity index (χ2n) is 7.09. The van der Waals surface area contributed by atoms with Gasteiger partial charge in [-0.1, -0.05) is 43.6 Å². The van der Waals surface area contributed by atoms with Gasteiger partial charge >= 0.3 is 6.18 Å². The zero-order valence-electron chi connectivity index (χ0n) is 16.6. The van der Waals surface area contributed by atoms with Crippen LogP contribution in [0.3, 0.4) is 0 Å². The average Bonchev–Trinajstić information content (AvgIpc) is 2.66. The highest BCUT2D eigenvalue weighted by atomic mass is 35.5. The Labute approximate surface area is 178 Å². The van der Waals surface area contributed by atoms with E-state index in [0.29, 0.717) is 10.4 Å². The van der Waals surface area contributed by atoms with Crippen LogP contribution in [-0.2, 0) is 21.0 Å². The SMILES string of the molecule is CC(C)[C@H](C)NC(=O)CN(c1cc(C(F)(F)F)ccc1Cl)S(=O)(=O)c1ccccc1. The quantitative estimate of drug-likeness (QED) is 0.647. The first-order chi connectivity index (χ1) is 13.8. The van der Waals surface area contributed by atoms with E-state index in [1.165, 1.54) is 24.3 Å². The molecule has 0 spiro atoms. The Kier molecular flexibility index (Phi) is 7.41. The standard InChI is InChI=1S/C20H22ClF3N2O3S/c1-13(2)14(3)25-19(27)12-26(30(28,29)16-7-5-4-6-8-16)18-11-15(20(22,23)24)9-10-17(18)21/h4-11,13-14H,12H2,1-3H3,(H,25,27)/t14-/m0/s1. The first-order valence-corrected chi connectivity index (χ1v) is 10.9. The van der Waals surface area contributed by atoms with E-state index in [1.54, 1.807) is 13.0 Å². The summed E-state index contributed by atoms with van der Waals surface area (Å²) in [4.78, 5) is 12.4. The van der Waals surface area contributed by atoms with Gasteiger partial charge in [0, 0.05) is 6.04 Å². The zero-order chi connectivity index (χ0) is 22.7. The maximum Gasteiger partial charge on any atom is 0.416 e. The first-order valence-electron chi connectivity index (χ1n) is 9.08. The summed E-state index contributed by atoms with van der Waals surface area (Å²) in [6.07, 6.45) is -4.71. The van der Waals surface area contributed by atoms with Crippen LogP contribution >= 0.6 is 11.6 Å². The number of anilines is 1. The Morgan fingerprint density at radius 3 is 2.23 bits per heavy atom. The van der Waals surface area contributed by atoms with Gasteiger partial charge in [0.15, 0.2) is 0 Å². The summed E-state index contributed by atoms with van der Waals surface area (Å²) in [5.74, 6) is -0.588. The number of carbonyl (C=O) groups excluding carboxylic acids is 1. The maximum atomic E-state index is 13.2. The first kappa shape index (κ1) is 24.0. The second kappa shape index (κ2) is 9.26. The third-order valence-electron chi connectivity index (χ3n) is 4.55. The van der Waals surface area contributed by atoms with Crippen LogP contribution in [0, 0.1) is 5.92 Å². The molecule has 0 saturated heterocycles. The van der Waals surface area contributed by atoms with Crippen molar-refractivity contribution in [2.75, 3.05) is 10.8 Å². The number of benzene rings is 2. The van der Waals surface area contributed by atoms with Crippen molar-refractivity contribution in [1.29, 1.82) is 0 Å². The second-order valence-corrected chi connectivity index (χ2v) is 9.36. The van der Waals surface area contributed by atoms with Crippen molar-refractivity contribution in [3.63, 3.8) is 0 Å². The minimum atomic E-state index is -4.71. The summed E-state index contributed by atoms with van der Waals surface area (Å²) in [7, 11) is -4.37. The van der Waals surface area contributed by atoms with Crippen LogP contribution in [0.1, 0.15) is 26.3 Å². The Balaban J connectivity index is 2.56. The number of nitrogens with zero attached hydrogens (tertiary/aromatic N) is 1. The van der Waals surface area contributed by atoms with Crippen molar-refractivity contribution in [2.45, 2.75) is 37.9 Å². The fraction of sp³-hybridized carbons (Fsp3) is 0.350. The van der Waals surface area contributed by atoms with E-state index in [1.807, 2.05) is 13.8 Å². The van der Waals surface area contributed by atoms with E-state index in [2.05, 4.69) is 5.32 Å². The number of hydrogen-bond acceptors (Lipinski definition) is 3. The fourth-order valence-corrected chi connectivity index (χ4v) is 4.22. The van der Waals surface area contributed by atoms with Gasteiger partial charge in [-0.2, -0.15) is 13.2 Å². The third kappa shape index (κ3) is 5.66. The molecule has 1 amide bonds. The molecule has 2 rings (SSSR count). The molecule has 2 aromatic carbocycles. The van der Waals surface area contributed by atoms with Crippen LogP contribution < -0.4 is 9.62 Å². The molecule has 0 aromatic heterocycles. The van der Waals surface area contributed by atoms with Crippen LogP contribution in [0.2, 0.25) is 5.02 Å². The maximum absolute atomic E-state index is 13.2. The minimum absolute atomic E-state index is 0.0743. The number of rotatable bonds is 7. The normalized spacial score (nSPS) is 13.2. The van der Waals surface area contributed by atoms with Crippen LogP contribution in [0.25, 0.3) is 0 Å². The lowest BCUT2D eigenvalue weighted by atomic mass is 10.1. The van der Waals surface area contributed by atoms with Crippen LogP contribution in [-0.4, -0.2) is 26.9 Å². The van der Waals surface area contributed by atoms with E-state index in [9.17, 15) is 26.4 Å². The molecule has 0 saturated carbocycles. The number of nitrogens with one attached hydrogen (secondary N) is 1. The van der Waals surface area contributed by atoms with E-state index < -0.39 is 39.9 Å². The fourth-order valence-electron chi connectivity index (χ4n) is 2.50. The molecule has 0 heterocycles. The molecular formula is C20H22ClF3N2O3S. The summed E-state index contributed by atoms with van der Waals surface area (Å²) < 4.78 is 66.7. The Morgan fingerprint density at radius 1 is 1.10 bits per heavy atom. The molecule has 0 aliphatic heterocycles. The summed E-state index contributed by atoms with van der Waals surface area (Å²) in [5, 5.41) is 2.43. The molecule has 164 valence electrons. The lowest BCUT2D eigenvalue weighted by molar-refractivity contribution is -0.137. The molecule has 1 N–H and O–H groups in total. The van der Waals surface area contributed by atoms with Crippen molar-refractivity contribution in [3.8, 4) is 0 Å². The Bertz CT molecular complexity index is 996. The van der Waals surface area contributed by atoms with Crippen LogP contribution in [0.4, 0.5) is 18.9 Å². The molecule has 0 aliphatic rings. The van der Waals surface area contributed by atoms with Gasteiger partial charge in [-0.25, -0.2) is 8.42 Å². The predicted molar refractivity (Wildman–Crippen MR) is 110 cm³/mol. The van der Waals surface area contributed by atoms with Crippen molar-refractivity contribution in [1.82, 2.24) is 5.32 Å². The molecule has 0 fully saturated rings. The third-order valence-corrected chi connectivity index (χ3v) is 6.64. The van der Waals surface area contributed by atoms with Crippen LogP contribution in [0.15, 0.2) is 53.4 Å². The van der Waals surface area contributed by atoms with Gasteiger partial charge in [0.1, 0.15) is 6.54 Å². The van der Waals surface area contributed by atoms with E-state index >= 15 is 0 Å². The smallest absolute Gasteiger partial charge is 0.352 e. The minimum Gasteiger partial charge on any atom is -0.352 e. The number of halogens is 4. The van der Waals surface area contributed by atoms with E-state index in [4.69, 9.17) is 11.6 Å².